The van der Waals surface area contributed by atoms with Crippen molar-refractivity contribution >= 4 is 5.97 Å². The Labute approximate surface area is 148 Å². The standard InChI is InChI=1S/C20H38O4/c1-2-3-4-5-6-7-8-9-10-11-12-17(21)13-14-19-18(20(22)23)15-16-24-19/h17-19,21H,2-16H2,1H3,(H,22,23). The van der Waals surface area contributed by atoms with E-state index in [4.69, 9.17) is 9.84 Å². The van der Waals surface area contributed by atoms with Gasteiger partial charge in [-0.25, -0.2) is 0 Å². The van der Waals surface area contributed by atoms with Gasteiger partial charge in [0.25, 0.3) is 0 Å². The molecule has 142 valence electrons. The average Bonchev–Trinajstić information content (AvgIpc) is 3.03. The molecule has 1 aliphatic heterocycles. The molecule has 0 bridgehead atoms. The summed E-state index contributed by atoms with van der Waals surface area (Å²) in [5, 5.41) is 19.2. The molecule has 0 aromatic carbocycles. The fraction of sp³-hybridized carbons (Fsp3) is 0.950. The Morgan fingerprint density at radius 1 is 1.00 bits per heavy atom. The second-order valence-corrected chi connectivity index (χ2v) is 7.34. The van der Waals surface area contributed by atoms with Gasteiger partial charge >= 0.3 is 5.97 Å². The summed E-state index contributed by atoms with van der Waals surface area (Å²) in [4.78, 5) is 11.1. The molecule has 0 aromatic heterocycles. The summed E-state index contributed by atoms with van der Waals surface area (Å²) in [7, 11) is 0. The smallest absolute Gasteiger partial charge is 0.309 e. The molecular formula is C20H38O4. The first-order chi connectivity index (χ1) is 11.6. The molecule has 1 rings (SSSR count). The highest BCUT2D eigenvalue weighted by atomic mass is 16.5. The summed E-state index contributed by atoms with van der Waals surface area (Å²) in [6.45, 7) is 2.79. The Hall–Kier alpha value is -0.610. The van der Waals surface area contributed by atoms with Crippen molar-refractivity contribution in [3.05, 3.63) is 0 Å². The molecule has 4 nitrogen and oxygen atoms in total. The Bertz CT molecular complexity index is 319. The van der Waals surface area contributed by atoms with Gasteiger partial charge in [-0.3, -0.25) is 4.79 Å². The van der Waals surface area contributed by atoms with Crippen molar-refractivity contribution in [2.75, 3.05) is 6.61 Å². The minimum Gasteiger partial charge on any atom is -0.481 e. The molecule has 1 saturated heterocycles. The van der Waals surface area contributed by atoms with Gasteiger partial charge in [0.05, 0.1) is 18.1 Å². The van der Waals surface area contributed by atoms with Crippen molar-refractivity contribution in [1.29, 1.82) is 0 Å². The maximum absolute atomic E-state index is 11.1. The van der Waals surface area contributed by atoms with E-state index < -0.39 is 5.97 Å². The predicted molar refractivity (Wildman–Crippen MR) is 97.2 cm³/mol. The van der Waals surface area contributed by atoms with Gasteiger partial charge in [0, 0.05) is 6.61 Å². The van der Waals surface area contributed by atoms with Crippen LogP contribution in [0.5, 0.6) is 0 Å². The number of carboxylic acids is 1. The average molecular weight is 343 g/mol. The lowest BCUT2D eigenvalue weighted by Gasteiger charge is -2.17. The quantitative estimate of drug-likeness (QED) is 0.414. The number of hydrogen-bond donors (Lipinski definition) is 2. The van der Waals surface area contributed by atoms with Crippen LogP contribution >= 0.6 is 0 Å². The Kier molecular flexibility index (Phi) is 12.2. The molecule has 2 N–H and O–H groups in total. The fourth-order valence-electron chi connectivity index (χ4n) is 3.58. The van der Waals surface area contributed by atoms with Crippen LogP contribution in [-0.4, -0.2) is 35.0 Å². The third-order valence-electron chi connectivity index (χ3n) is 5.20. The van der Waals surface area contributed by atoms with Crippen LogP contribution in [-0.2, 0) is 9.53 Å². The van der Waals surface area contributed by atoms with Gasteiger partial charge in [-0.1, -0.05) is 71.1 Å². The van der Waals surface area contributed by atoms with E-state index >= 15 is 0 Å². The molecule has 0 aliphatic carbocycles. The van der Waals surface area contributed by atoms with Crippen LogP contribution in [0.4, 0.5) is 0 Å². The predicted octanol–water partition coefficient (Wildman–Crippen LogP) is 4.93. The Balaban J connectivity index is 1.91. The second-order valence-electron chi connectivity index (χ2n) is 7.34. The fourth-order valence-corrected chi connectivity index (χ4v) is 3.58. The molecule has 3 atom stereocenters. The highest BCUT2D eigenvalue weighted by Gasteiger charge is 2.33. The van der Waals surface area contributed by atoms with Crippen LogP contribution in [0.3, 0.4) is 0 Å². The second kappa shape index (κ2) is 13.7. The van der Waals surface area contributed by atoms with Crippen molar-refractivity contribution < 1.29 is 19.7 Å². The SMILES string of the molecule is CCCCCCCCCCCCC(O)CCC1OCCC1C(=O)O. The van der Waals surface area contributed by atoms with Crippen LogP contribution in [0.2, 0.25) is 0 Å². The van der Waals surface area contributed by atoms with Crippen molar-refractivity contribution in [3.8, 4) is 0 Å². The van der Waals surface area contributed by atoms with Gasteiger partial charge < -0.3 is 14.9 Å². The van der Waals surface area contributed by atoms with E-state index in [2.05, 4.69) is 6.92 Å². The molecule has 0 amide bonds. The monoisotopic (exact) mass is 342 g/mol. The lowest BCUT2D eigenvalue weighted by Crippen LogP contribution is -2.25. The molecule has 4 heteroatoms. The summed E-state index contributed by atoms with van der Waals surface area (Å²) < 4.78 is 5.49. The van der Waals surface area contributed by atoms with E-state index in [0.717, 1.165) is 12.8 Å². The van der Waals surface area contributed by atoms with E-state index in [9.17, 15) is 9.90 Å². The van der Waals surface area contributed by atoms with Crippen molar-refractivity contribution in [2.45, 2.75) is 109 Å². The van der Waals surface area contributed by atoms with E-state index in [1.807, 2.05) is 0 Å². The van der Waals surface area contributed by atoms with E-state index in [-0.39, 0.29) is 18.1 Å². The normalized spacial score (nSPS) is 21.9. The molecule has 3 unspecified atom stereocenters. The maximum atomic E-state index is 11.1. The third-order valence-corrected chi connectivity index (χ3v) is 5.20. The van der Waals surface area contributed by atoms with Crippen LogP contribution < -0.4 is 0 Å². The van der Waals surface area contributed by atoms with Crippen LogP contribution in [0, 0.1) is 5.92 Å². The van der Waals surface area contributed by atoms with Gasteiger partial charge in [0.1, 0.15) is 0 Å². The highest BCUT2D eigenvalue weighted by molar-refractivity contribution is 5.71. The van der Waals surface area contributed by atoms with Gasteiger partial charge in [0.2, 0.25) is 0 Å². The van der Waals surface area contributed by atoms with Crippen molar-refractivity contribution in [1.82, 2.24) is 0 Å². The van der Waals surface area contributed by atoms with Crippen LogP contribution in [0.25, 0.3) is 0 Å². The zero-order chi connectivity index (χ0) is 17.6. The number of aliphatic hydroxyl groups is 1. The van der Waals surface area contributed by atoms with E-state index in [1.165, 1.54) is 57.8 Å². The number of carboxylic acid groups (broad SMARTS) is 1. The number of carbonyl (C=O) groups is 1. The molecule has 1 fully saturated rings. The van der Waals surface area contributed by atoms with Gasteiger partial charge in [-0.2, -0.15) is 0 Å². The molecule has 1 heterocycles. The first kappa shape index (κ1) is 21.4. The van der Waals surface area contributed by atoms with Crippen LogP contribution in [0.15, 0.2) is 0 Å². The minimum absolute atomic E-state index is 0.204. The van der Waals surface area contributed by atoms with Crippen molar-refractivity contribution in [3.63, 3.8) is 0 Å². The Morgan fingerprint density at radius 3 is 2.17 bits per heavy atom. The lowest BCUT2D eigenvalue weighted by atomic mass is 9.95. The largest absolute Gasteiger partial charge is 0.481 e. The molecular weight excluding hydrogens is 304 g/mol. The van der Waals surface area contributed by atoms with Gasteiger partial charge in [0.15, 0.2) is 0 Å². The summed E-state index contributed by atoms with van der Waals surface area (Å²) in [6.07, 6.45) is 15.3. The zero-order valence-corrected chi connectivity index (χ0v) is 15.5. The van der Waals surface area contributed by atoms with E-state index in [0.29, 0.717) is 25.9 Å². The lowest BCUT2D eigenvalue weighted by molar-refractivity contribution is -0.143. The van der Waals surface area contributed by atoms with Crippen LogP contribution in [0.1, 0.15) is 96.8 Å². The number of aliphatic hydroxyl groups excluding tert-OH is 1. The first-order valence-corrected chi connectivity index (χ1v) is 10.2. The molecule has 0 aromatic rings. The number of rotatable bonds is 15. The number of aliphatic carboxylic acids is 1. The van der Waals surface area contributed by atoms with Gasteiger partial charge in [-0.15, -0.1) is 0 Å². The highest BCUT2D eigenvalue weighted by Crippen LogP contribution is 2.26. The number of unbranched alkanes of at least 4 members (excludes halogenated alkanes) is 9. The Morgan fingerprint density at radius 2 is 1.58 bits per heavy atom. The molecule has 1 aliphatic rings. The third kappa shape index (κ3) is 9.63. The maximum Gasteiger partial charge on any atom is 0.309 e. The molecule has 0 spiro atoms. The molecule has 0 radical (unpaired) electrons. The van der Waals surface area contributed by atoms with Gasteiger partial charge in [-0.05, 0) is 25.7 Å². The minimum atomic E-state index is -0.762. The first-order valence-electron chi connectivity index (χ1n) is 10.2. The zero-order valence-electron chi connectivity index (χ0n) is 15.5. The number of hydrogen-bond acceptors (Lipinski definition) is 3. The number of ether oxygens (including phenoxy) is 1. The summed E-state index contributed by atoms with van der Waals surface area (Å²) in [6, 6.07) is 0. The summed E-state index contributed by atoms with van der Waals surface area (Å²) in [5.74, 6) is -1.14. The summed E-state index contributed by atoms with van der Waals surface area (Å²) in [5.41, 5.74) is 0. The molecule has 0 saturated carbocycles. The van der Waals surface area contributed by atoms with Crippen molar-refractivity contribution in [2.24, 2.45) is 5.92 Å². The topological polar surface area (TPSA) is 66.8 Å². The summed E-state index contributed by atoms with van der Waals surface area (Å²) >= 11 is 0. The molecule has 24 heavy (non-hydrogen) atoms. The van der Waals surface area contributed by atoms with E-state index in [1.54, 1.807) is 0 Å².